The van der Waals surface area contributed by atoms with E-state index in [1.54, 1.807) is 0 Å². The molecule has 2 atom stereocenters. The van der Waals surface area contributed by atoms with Crippen LogP contribution < -0.4 is 5.32 Å². The van der Waals surface area contributed by atoms with Gasteiger partial charge in [-0.3, -0.25) is 10.1 Å². The quantitative estimate of drug-likeness (QED) is 0.875. The Morgan fingerprint density at radius 2 is 1.86 bits per heavy atom. The van der Waals surface area contributed by atoms with Crippen molar-refractivity contribution in [3.63, 3.8) is 0 Å². The third-order valence-corrected chi connectivity index (χ3v) is 3.75. The third kappa shape index (κ3) is 3.83. The Morgan fingerprint density at radius 3 is 2.43 bits per heavy atom. The predicted molar refractivity (Wildman–Crippen MR) is 83.7 cm³/mol. The number of benzene rings is 1. The predicted octanol–water partition coefficient (Wildman–Crippen LogP) is 2.57. The summed E-state index contributed by atoms with van der Waals surface area (Å²) < 4.78 is 5.60. The van der Waals surface area contributed by atoms with E-state index in [0.29, 0.717) is 19.1 Å². The average Bonchev–Trinajstić information content (AvgIpc) is 2.77. The van der Waals surface area contributed by atoms with Crippen molar-refractivity contribution < 1.29 is 9.53 Å². The lowest BCUT2D eigenvalue weighted by Gasteiger charge is -2.27. The molecule has 0 aromatic heterocycles. The van der Waals surface area contributed by atoms with Gasteiger partial charge >= 0.3 is 0 Å². The molecule has 1 aromatic carbocycles. The Balaban J connectivity index is 2.09. The van der Waals surface area contributed by atoms with Crippen molar-refractivity contribution in [1.82, 2.24) is 10.2 Å². The number of carbonyl (C=O) groups excluding carboxylic acids is 1. The molecule has 1 N–H and O–H groups in total. The Labute approximate surface area is 127 Å². The molecular weight excluding hydrogens is 264 g/mol. The molecular formula is C17H26N2O2. The maximum absolute atomic E-state index is 12.7. The van der Waals surface area contributed by atoms with E-state index < -0.39 is 0 Å². The van der Waals surface area contributed by atoms with Crippen molar-refractivity contribution in [1.29, 1.82) is 0 Å². The van der Waals surface area contributed by atoms with Gasteiger partial charge in [-0.2, -0.15) is 0 Å². The second-order valence-electron chi connectivity index (χ2n) is 6.15. The summed E-state index contributed by atoms with van der Waals surface area (Å²) in [6, 6.07) is 9.68. The van der Waals surface area contributed by atoms with Gasteiger partial charge in [-0.15, -0.1) is 0 Å². The maximum Gasteiger partial charge on any atom is 0.245 e. The first-order valence-electron chi connectivity index (χ1n) is 7.73. The van der Waals surface area contributed by atoms with Crippen LogP contribution in [0.4, 0.5) is 0 Å². The summed E-state index contributed by atoms with van der Waals surface area (Å²) in [5.74, 6) is 0.508. The molecule has 0 saturated carbocycles. The first-order chi connectivity index (χ1) is 10.0. The SMILES string of the molecule is CC(C)OCCN1C(=O)C(c2ccccc2)NC1C(C)C. The van der Waals surface area contributed by atoms with E-state index in [4.69, 9.17) is 4.74 Å². The van der Waals surface area contributed by atoms with E-state index in [-0.39, 0.29) is 24.2 Å². The average molecular weight is 290 g/mol. The second kappa shape index (κ2) is 7.05. The summed E-state index contributed by atoms with van der Waals surface area (Å²) in [5, 5.41) is 3.47. The van der Waals surface area contributed by atoms with Gasteiger partial charge < -0.3 is 9.64 Å². The van der Waals surface area contributed by atoms with E-state index in [9.17, 15) is 4.79 Å². The number of rotatable bonds is 6. The highest BCUT2D eigenvalue weighted by molar-refractivity contribution is 5.85. The minimum Gasteiger partial charge on any atom is -0.377 e. The number of nitrogens with zero attached hydrogens (tertiary/aromatic N) is 1. The molecule has 0 aliphatic carbocycles. The van der Waals surface area contributed by atoms with Crippen LogP contribution in [0.5, 0.6) is 0 Å². The van der Waals surface area contributed by atoms with Crippen molar-refractivity contribution in [3.05, 3.63) is 35.9 Å². The van der Waals surface area contributed by atoms with Crippen molar-refractivity contribution in [2.45, 2.75) is 46.0 Å². The van der Waals surface area contributed by atoms with E-state index in [1.807, 2.05) is 49.1 Å². The normalized spacial score (nSPS) is 22.6. The number of carbonyl (C=O) groups is 1. The third-order valence-electron chi connectivity index (χ3n) is 3.75. The molecule has 21 heavy (non-hydrogen) atoms. The molecule has 1 amide bonds. The van der Waals surface area contributed by atoms with Gasteiger partial charge in [0.2, 0.25) is 5.91 Å². The second-order valence-corrected chi connectivity index (χ2v) is 6.15. The fourth-order valence-electron chi connectivity index (χ4n) is 2.71. The maximum atomic E-state index is 12.7. The van der Waals surface area contributed by atoms with Gasteiger partial charge in [-0.1, -0.05) is 44.2 Å². The Bertz CT molecular complexity index is 459. The van der Waals surface area contributed by atoms with Gasteiger partial charge in [0.1, 0.15) is 6.04 Å². The molecule has 0 radical (unpaired) electrons. The zero-order chi connectivity index (χ0) is 15.4. The van der Waals surface area contributed by atoms with Crippen LogP contribution in [0.15, 0.2) is 30.3 Å². The van der Waals surface area contributed by atoms with E-state index in [2.05, 4.69) is 19.2 Å². The van der Waals surface area contributed by atoms with Crippen molar-refractivity contribution >= 4 is 5.91 Å². The lowest BCUT2D eigenvalue weighted by Crippen LogP contribution is -2.43. The molecule has 4 nitrogen and oxygen atoms in total. The highest BCUT2D eigenvalue weighted by Gasteiger charge is 2.40. The van der Waals surface area contributed by atoms with Gasteiger partial charge in [0.25, 0.3) is 0 Å². The topological polar surface area (TPSA) is 41.6 Å². The lowest BCUT2D eigenvalue weighted by atomic mass is 10.1. The minimum absolute atomic E-state index is 0.0680. The number of hydrogen-bond acceptors (Lipinski definition) is 3. The molecule has 1 aliphatic heterocycles. The fraction of sp³-hybridized carbons (Fsp3) is 0.588. The molecule has 1 aromatic rings. The van der Waals surface area contributed by atoms with Crippen molar-refractivity contribution in [2.24, 2.45) is 5.92 Å². The molecule has 1 aliphatic rings. The summed E-state index contributed by atoms with van der Waals surface area (Å²) in [5.41, 5.74) is 1.03. The van der Waals surface area contributed by atoms with Crippen LogP contribution in [-0.4, -0.2) is 36.2 Å². The fourth-order valence-corrected chi connectivity index (χ4v) is 2.71. The molecule has 2 rings (SSSR count). The zero-order valence-electron chi connectivity index (χ0n) is 13.4. The summed E-state index contributed by atoms with van der Waals surface area (Å²) >= 11 is 0. The smallest absolute Gasteiger partial charge is 0.245 e. The molecule has 4 heteroatoms. The number of ether oxygens (including phenoxy) is 1. The highest BCUT2D eigenvalue weighted by atomic mass is 16.5. The Kier molecular flexibility index (Phi) is 5.37. The minimum atomic E-state index is -0.238. The van der Waals surface area contributed by atoms with Gasteiger partial charge in [0.15, 0.2) is 0 Å². The molecule has 1 fully saturated rings. The monoisotopic (exact) mass is 290 g/mol. The van der Waals surface area contributed by atoms with Gasteiger partial charge in [0.05, 0.1) is 18.9 Å². The molecule has 1 heterocycles. The zero-order valence-corrected chi connectivity index (χ0v) is 13.4. The first kappa shape index (κ1) is 16.0. The number of nitrogens with one attached hydrogen (secondary N) is 1. The van der Waals surface area contributed by atoms with Crippen LogP contribution in [-0.2, 0) is 9.53 Å². The highest BCUT2D eigenvalue weighted by Crippen LogP contribution is 2.27. The van der Waals surface area contributed by atoms with Gasteiger partial charge in [0, 0.05) is 6.54 Å². The Morgan fingerprint density at radius 1 is 1.19 bits per heavy atom. The van der Waals surface area contributed by atoms with Gasteiger partial charge in [-0.05, 0) is 25.3 Å². The summed E-state index contributed by atoms with van der Waals surface area (Å²) in [4.78, 5) is 14.6. The van der Waals surface area contributed by atoms with E-state index in [1.165, 1.54) is 0 Å². The van der Waals surface area contributed by atoms with Crippen molar-refractivity contribution in [3.8, 4) is 0 Å². The van der Waals surface area contributed by atoms with E-state index in [0.717, 1.165) is 5.56 Å². The summed E-state index contributed by atoms with van der Waals surface area (Å²) in [6.45, 7) is 9.50. The summed E-state index contributed by atoms with van der Waals surface area (Å²) in [6.07, 6.45) is 0.261. The van der Waals surface area contributed by atoms with Crippen molar-refractivity contribution in [2.75, 3.05) is 13.2 Å². The molecule has 1 saturated heterocycles. The molecule has 0 spiro atoms. The van der Waals surface area contributed by atoms with Crippen LogP contribution in [0.25, 0.3) is 0 Å². The first-order valence-corrected chi connectivity index (χ1v) is 7.73. The molecule has 0 bridgehead atoms. The largest absolute Gasteiger partial charge is 0.377 e. The van der Waals surface area contributed by atoms with Crippen LogP contribution >= 0.6 is 0 Å². The van der Waals surface area contributed by atoms with Crippen LogP contribution in [0.2, 0.25) is 0 Å². The molecule has 2 unspecified atom stereocenters. The summed E-state index contributed by atoms with van der Waals surface area (Å²) in [7, 11) is 0. The van der Waals surface area contributed by atoms with Gasteiger partial charge in [-0.25, -0.2) is 0 Å². The lowest BCUT2D eigenvalue weighted by molar-refractivity contribution is -0.131. The molecule has 116 valence electrons. The van der Waals surface area contributed by atoms with Crippen LogP contribution in [0, 0.1) is 5.92 Å². The van der Waals surface area contributed by atoms with Crippen LogP contribution in [0.3, 0.4) is 0 Å². The number of amides is 1. The standard InChI is InChI=1S/C17H26N2O2/c1-12(2)16-18-15(14-8-6-5-7-9-14)17(20)19(16)10-11-21-13(3)4/h5-9,12-13,15-16,18H,10-11H2,1-4H3. The Hall–Kier alpha value is -1.39. The van der Waals surface area contributed by atoms with E-state index >= 15 is 0 Å². The number of hydrogen-bond donors (Lipinski definition) is 1. The van der Waals surface area contributed by atoms with Crippen LogP contribution in [0.1, 0.15) is 39.3 Å².